The topological polar surface area (TPSA) is 20.2 Å². The Morgan fingerprint density at radius 1 is 1.17 bits per heavy atom. The average molecular weight is 165 g/mol. The Kier molecular flexibility index (Phi) is 4.86. The summed E-state index contributed by atoms with van der Waals surface area (Å²) in [5.74, 6) is 0. The van der Waals surface area contributed by atoms with Crippen LogP contribution >= 0.6 is 0 Å². The Morgan fingerprint density at radius 3 is 1.17 bits per heavy atom. The van der Waals surface area contributed by atoms with Crippen molar-refractivity contribution in [1.82, 2.24) is 0 Å². The quantitative estimate of drug-likeness (QED) is 0.562. The van der Waals surface area contributed by atoms with Crippen LogP contribution in [0.5, 0.6) is 0 Å². The van der Waals surface area contributed by atoms with E-state index in [4.69, 9.17) is 5.11 Å². The fraction of sp³-hybridized carbons (Fsp3) is 1.00. The molecule has 0 amide bonds. The van der Waals surface area contributed by atoms with Gasteiger partial charge in [0.05, 0.1) is 5.60 Å². The van der Waals surface area contributed by atoms with Gasteiger partial charge in [-0.25, -0.2) is 0 Å². The first kappa shape index (κ1) is 9.96. The second-order valence-electron chi connectivity index (χ2n) is 2.17. The maximum Gasteiger partial charge on any atom is 4.00 e. The Bertz CT molecular complexity index is 23.0. The molecular formula is C4H10OZr+4. The van der Waals surface area contributed by atoms with Gasteiger partial charge < -0.3 is 5.11 Å². The SMILES string of the molecule is CC(C)(C)O.[Zr+4]. The van der Waals surface area contributed by atoms with Crippen molar-refractivity contribution in [2.24, 2.45) is 0 Å². The number of hydrogen-bond acceptors (Lipinski definition) is 1. The van der Waals surface area contributed by atoms with Gasteiger partial charge in [0.15, 0.2) is 0 Å². The maximum atomic E-state index is 8.52. The summed E-state index contributed by atoms with van der Waals surface area (Å²) >= 11 is 0. The van der Waals surface area contributed by atoms with E-state index < -0.39 is 5.60 Å². The summed E-state index contributed by atoms with van der Waals surface area (Å²) in [7, 11) is 0. The van der Waals surface area contributed by atoms with Crippen molar-refractivity contribution < 1.29 is 31.3 Å². The van der Waals surface area contributed by atoms with Crippen molar-refractivity contribution in [1.29, 1.82) is 0 Å². The molecule has 0 saturated heterocycles. The molecule has 0 bridgehead atoms. The first-order chi connectivity index (χ1) is 2.00. The van der Waals surface area contributed by atoms with Crippen molar-refractivity contribution in [2.45, 2.75) is 26.4 Å². The normalized spacial score (nSPS) is 10.0. The van der Waals surface area contributed by atoms with Crippen LogP contribution in [-0.4, -0.2) is 10.7 Å². The Hall–Kier alpha value is 0.843. The van der Waals surface area contributed by atoms with Crippen molar-refractivity contribution in [3.8, 4) is 0 Å². The molecule has 0 radical (unpaired) electrons. The summed E-state index contributed by atoms with van der Waals surface area (Å²) < 4.78 is 0. The van der Waals surface area contributed by atoms with Crippen LogP contribution in [0, 0.1) is 0 Å². The van der Waals surface area contributed by atoms with E-state index in [9.17, 15) is 0 Å². The summed E-state index contributed by atoms with van der Waals surface area (Å²) in [5.41, 5.74) is -0.500. The molecule has 32 valence electrons. The summed E-state index contributed by atoms with van der Waals surface area (Å²) in [6, 6.07) is 0. The van der Waals surface area contributed by atoms with Gasteiger partial charge in [-0.1, -0.05) is 0 Å². The van der Waals surface area contributed by atoms with Gasteiger partial charge in [-0.2, -0.15) is 0 Å². The summed E-state index contributed by atoms with van der Waals surface area (Å²) in [5, 5.41) is 8.52. The van der Waals surface area contributed by atoms with Gasteiger partial charge in [0.2, 0.25) is 0 Å². The second-order valence-corrected chi connectivity index (χ2v) is 2.17. The molecule has 0 heterocycles. The molecule has 0 aromatic carbocycles. The number of aliphatic hydroxyl groups is 1. The molecule has 0 atom stereocenters. The minimum absolute atomic E-state index is 0. The average Bonchev–Trinajstić information content (AvgIpc) is 0.722. The third kappa shape index (κ3) is 101. The molecular weight excluding hydrogens is 155 g/mol. The van der Waals surface area contributed by atoms with Gasteiger partial charge >= 0.3 is 26.2 Å². The monoisotopic (exact) mass is 164 g/mol. The zero-order valence-corrected chi connectivity index (χ0v) is 6.91. The second kappa shape index (κ2) is 2.93. The van der Waals surface area contributed by atoms with Crippen LogP contribution in [0.3, 0.4) is 0 Å². The van der Waals surface area contributed by atoms with Crippen LogP contribution < -0.4 is 0 Å². The molecule has 0 rings (SSSR count). The maximum absolute atomic E-state index is 8.52. The molecule has 0 spiro atoms. The fourth-order valence-electron chi connectivity index (χ4n) is 0. The van der Waals surface area contributed by atoms with Crippen LogP contribution in [0.15, 0.2) is 0 Å². The first-order valence-electron chi connectivity index (χ1n) is 1.72. The van der Waals surface area contributed by atoms with E-state index in [-0.39, 0.29) is 26.2 Å². The van der Waals surface area contributed by atoms with Gasteiger partial charge in [-0.3, -0.25) is 0 Å². The fourth-order valence-corrected chi connectivity index (χ4v) is 0. The van der Waals surface area contributed by atoms with Crippen LogP contribution in [0.1, 0.15) is 20.8 Å². The predicted octanol–water partition coefficient (Wildman–Crippen LogP) is 0.775. The molecule has 0 aromatic heterocycles. The van der Waals surface area contributed by atoms with Crippen molar-refractivity contribution in [2.75, 3.05) is 0 Å². The van der Waals surface area contributed by atoms with Crippen molar-refractivity contribution in [3.05, 3.63) is 0 Å². The number of rotatable bonds is 0. The molecule has 0 fully saturated rings. The van der Waals surface area contributed by atoms with E-state index in [0.29, 0.717) is 0 Å². The van der Waals surface area contributed by atoms with E-state index in [1.165, 1.54) is 0 Å². The first-order valence-corrected chi connectivity index (χ1v) is 1.72. The van der Waals surface area contributed by atoms with Gasteiger partial charge in [0, 0.05) is 0 Å². The van der Waals surface area contributed by atoms with E-state index >= 15 is 0 Å². The minimum Gasteiger partial charge on any atom is -0.391 e. The summed E-state index contributed by atoms with van der Waals surface area (Å²) in [6.45, 7) is 5.23. The summed E-state index contributed by atoms with van der Waals surface area (Å²) in [4.78, 5) is 0. The Labute approximate surface area is 57.9 Å². The van der Waals surface area contributed by atoms with Crippen LogP contribution in [0.2, 0.25) is 0 Å². The van der Waals surface area contributed by atoms with Crippen LogP contribution in [0.4, 0.5) is 0 Å². The molecule has 0 aliphatic heterocycles. The van der Waals surface area contributed by atoms with Crippen molar-refractivity contribution >= 4 is 0 Å². The molecule has 0 aliphatic carbocycles. The minimum atomic E-state index is -0.500. The largest absolute Gasteiger partial charge is 4.00 e. The van der Waals surface area contributed by atoms with Gasteiger partial charge in [-0.15, -0.1) is 0 Å². The van der Waals surface area contributed by atoms with Gasteiger partial charge in [-0.05, 0) is 20.8 Å². The van der Waals surface area contributed by atoms with E-state index in [0.717, 1.165) is 0 Å². The predicted molar refractivity (Wildman–Crippen MR) is 22.0 cm³/mol. The molecule has 0 aromatic rings. The standard InChI is InChI=1S/C4H10O.Zr/c1-4(2,3)5;/h5H,1-3H3;/q;+4. The smallest absolute Gasteiger partial charge is 0.391 e. The molecule has 0 aliphatic rings. The zero-order valence-electron chi connectivity index (χ0n) is 4.45. The van der Waals surface area contributed by atoms with Gasteiger partial charge in [0.25, 0.3) is 0 Å². The molecule has 2 heteroatoms. The number of hydrogen-bond donors (Lipinski definition) is 1. The molecule has 0 unspecified atom stereocenters. The third-order valence-electron chi connectivity index (χ3n) is 0. The van der Waals surface area contributed by atoms with E-state index in [2.05, 4.69) is 0 Å². The summed E-state index contributed by atoms with van der Waals surface area (Å²) in [6.07, 6.45) is 0. The van der Waals surface area contributed by atoms with Crippen molar-refractivity contribution in [3.63, 3.8) is 0 Å². The van der Waals surface area contributed by atoms with E-state index in [1.54, 1.807) is 20.8 Å². The van der Waals surface area contributed by atoms with Gasteiger partial charge in [0.1, 0.15) is 0 Å². The van der Waals surface area contributed by atoms with Crippen LogP contribution in [-0.2, 0) is 26.2 Å². The zero-order chi connectivity index (χ0) is 4.50. The van der Waals surface area contributed by atoms with Crippen LogP contribution in [0.25, 0.3) is 0 Å². The molecule has 1 N–H and O–H groups in total. The third-order valence-corrected chi connectivity index (χ3v) is 0. The van der Waals surface area contributed by atoms with E-state index in [1.807, 2.05) is 0 Å². The molecule has 1 nitrogen and oxygen atoms in total. The Morgan fingerprint density at radius 2 is 1.17 bits per heavy atom. The Balaban J connectivity index is 0. The molecule has 6 heavy (non-hydrogen) atoms. The molecule has 0 saturated carbocycles.